The van der Waals surface area contributed by atoms with E-state index in [9.17, 15) is 12.8 Å². The molecule has 0 fully saturated rings. The summed E-state index contributed by atoms with van der Waals surface area (Å²) in [5.41, 5.74) is 0.0290. The van der Waals surface area contributed by atoms with Gasteiger partial charge in [0, 0.05) is 25.3 Å². The van der Waals surface area contributed by atoms with Crippen LogP contribution in [0.1, 0.15) is 18.9 Å². The van der Waals surface area contributed by atoms with Crippen LogP contribution in [0, 0.1) is 5.82 Å². The van der Waals surface area contributed by atoms with Crippen LogP contribution in [0.3, 0.4) is 0 Å². The largest absolute Gasteiger partial charge is 0.392 e. The van der Waals surface area contributed by atoms with Gasteiger partial charge in [0.15, 0.2) is 0 Å². The standard InChI is InChI=1S/C12H17ClFNO4S/c1-2-19-5-3-4-15-20(17,18)10-6-9(8-16)12(13)11(14)7-10/h6-7,15-16H,2-5,8H2,1H3. The molecule has 1 aromatic rings. The summed E-state index contributed by atoms with van der Waals surface area (Å²) >= 11 is 5.61. The highest BCUT2D eigenvalue weighted by Gasteiger charge is 2.18. The normalized spacial score (nSPS) is 11.8. The van der Waals surface area contributed by atoms with Crippen LogP contribution in [0.15, 0.2) is 17.0 Å². The third-order valence-corrected chi connectivity index (χ3v) is 4.38. The molecule has 0 unspecified atom stereocenters. The minimum absolute atomic E-state index is 0.0290. The SMILES string of the molecule is CCOCCCNS(=O)(=O)c1cc(F)c(Cl)c(CO)c1. The van der Waals surface area contributed by atoms with E-state index in [1.54, 1.807) is 0 Å². The van der Waals surface area contributed by atoms with Crippen LogP contribution in [0.4, 0.5) is 4.39 Å². The molecular formula is C12H17ClFNO4S. The van der Waals surface area contributed by atoms with Crippen molar-refractivity contribution in [2.75, 3.05) is 19.8 Å². The molecule has 0 amide bonds. The Kier molecular flexibility index (Phi) is 6.84. The fourth-order valence-electron chi connectivity index (χ4n) is 1.50. The van der Waals surface area contributed by atoms with E-state index in [0.717, 1.165) is 12.1 Å². The topological polar surface area (TPSA) is 75.6 Å². The van der Waals surface area contributed by atoms with Gasteiger partial charge in [0.25, 0.3) is 0 Å². The maximum Gasteiger partial charge on any atom is 0.240 e. The number of nitrogens with one attached hydrogen (secondary N) is 1. The Morgan fingerprint density at radius 2 is 2.15 bits per heavy atom. The number of sulfonamides is 1. The van der Waals surface area contributed by atoms with Crippen molar-refractivity contribution >= 4 is 21.6 Å². The Balaban J connectivity index is 2.80. The molecule has 0 atom stereocenters. The monoisotopic (exact) mass is 325 g/mol. The predicted molar refractivity (Wildman–Crippen MR) is 73.6 cm³/mol. The molecule has 0 radical (unpaired) electrons. The highest BCUT2D eigenvalue weighted by molar-refractivity contribution is 7.89. The Hall–Kier alpha value is -0.730. The fraction of sp³-hybridized carbons (Fsp3) is 0.500. The third kappa shape index (κ3) is 4.68. The molecule has 0 aliphatic rings. The Morgan fingerprint density at radius 3 is 2.75 bits per heavy atom. The highest BCUT2D eigenvalue weighted by atomic mass is 35.5. The summed E-state index contributed by atoms with van der Waals surface area (Å²) in [5.74, 6) is -0.882. The van der Waals surface area contributed by atoms with Crippen LogP contribution in [-0.2, 0) is 21.4 Å². The highest BCUT2D eigenvalue weighted by Crippen LogP contribution is 2.24. The predicted octanol–water partition coefficient (Wildman–Crippen LogP) is 1.68. The number of hydrogen-bond acceptors (Lipinski definition) is 4. The number of ether oxygens (including phenoxy) is 1. The molecule has 114 valence electrons. The van der Waals surface area contributed by atoms with E-state index < -0.39 is 22.4 Å². The zero-order valence-electron chi connectivity index (χ0n) is 11.0. The quantitative estimate of drug-likeness (QED) is 0.713. The van der Waals surface area contributed by atoms with Gasteiger partial charge in [-0.1, -0.05) is 11.6 Å². The van der Waals surface area contributed by atoms with Gasteiger partial charge in [-0.2, -0.15) is 0 Å². The van der Waals surface area contributed by atoms with Gasteiger partial charge in [0.1, 0.15) is 5.82 Å². The second-order valence-corrected chi connectivity index (χ2v) is 6.13. The molecule has 0 spiro atoms. The van der Waals surface area contributed by atoms with Crippen molar-refractivity contribution < 1.29 is 22.7 Å². The van der Waals surface area contributed by atoms with Crippen LogP contribution in [-0.4, -0.2) is 33.3 Å². The third-order valence-electron chi connectivity index (χ3n) is 2.52. The molecule has 0 aliphatic carbocycles. The maximum atomic E-state index is 13.5. The second-order valence-electron chi connectivity index (χ2n) is 3.98. The summed E-state index contributed by atoms with van der Waals surface area (Å²) in [7, 11) is -3.83. The fourth-order valence-corrected chi connectivity index (χ4v) is 2.80. The summed E-state index contributed by atoms with van der Waals surface area (Å²) < 4.78 is 44.8. The van der Waals surface area contributed by atoms with E-state index in [0.29, 0.717) is 19.6 Å². The molecule has 20 heavy (non-hydrogen) atoms. The van der Waals surface area contributed by atoms with Crippen molar-refractivity contribution in [2.45, 2.75) is 24.8 Å². The first kappa shape index (κ1) is 17.3. The van der Waals surface area contributed by atoms with Crippen molar-refractivity contribution in [3.05, 3.63) is 28.5 Å². The van der Waals surface area contributed by atoms with Crippen LogP contribution in [0.2, 0.25) is 5.02 Å². The van der Waals surface area contributed by atoms with Crippen molar-refractivity contribution in [3.8, 4) is 0 Å². The Bertz CT molecular complexity index is 551. The first-order valence-corrected chi connectivity index (χ1v) is 7.94. The molecule has 1 aromatic carbocycles. The van der Waals surface area contributed by atoms with Crippen molar-refractivity contribution in [1.29, 1.82) is 0 Å². The molecule has 2 N–H and O–H groups in total. The number of rotatable bonds is 8. The van der Waals surface area contributed by atoms with E-state index >= 15 is 0 Å². The zero-order chi connectivity index (χ0) is 15.2. The van der Waals surface area contributed by atoms with Crippen LogP contribution in [0.5, 0.6) is 0 Å². The second kappa shape index (κ2) is 7.90. The molecular weight excluding hydrogens is 309 g/mol. The Morgan fingerprint density at radius 1 is 1.45 bits per heavy atom. The van der Waals surface area contributed by atoms with Crippen LogP contribution >= 0.6 is 11.6 Å². The van der Waals surface area contributed by atoms with Gasteiger partial charge in [-0.15, -0.1) is 0 Å². The van der Waals surface area contributed by atoms with Gasteiger partial charge < -0.3 is 9.84 Å². The van der Waals surface area contributed by atoms with Gasteiger partial charge >= 0.3 is 0 Å². The zero-order valence-corrected chi connectivity index (χ0v) is 12.6. The number of hydrogen-bond donors (Lipinski definition) is 2. The summed E-state index contributed by atoms with van der Waals surface area (Å²) in [5, 5.41) is 8.75. The number of benzene rings is 1. The summed E-state index contributed by atoms with van der Waals surface area (Å²) in [4.78, 5) is -0.264. The van der Waals surface area contributed by atoms with Gasteiger partial charge in [0.05, 0.1) is 16.5 Å². The molecule has 8 heteroatoms. The molecule has 0 aromatic heterocycles. The minimum atomic E-state index is -3.83. The number of aliphatic hydroxyl groups is 1. The van der Waals surface area contributed by atoms with Gasteiger partial charge in [0.2, 0.25) is 10.0 Å². The van der Waals surface area contributed by atoms with Crippen molar-refractivity contribution in [1.82, 2.24) is 4.72 Å². The molecule has 5 nitrogen and oxygen atoms in total. The lowest BCUT2D eigenvalue weighted by Crippen LogP contribution is -2.26. The average molecular weight is 326 g/mol. The van der Waals surface area contributed by atoms with E-state index in [-0.39, 0.29) is 22.0 Å². The van der Waals surface area contributed by atoms with E-state index in [2.05, 4.69) is 4.72 Å². The lowest BCUT2D eigenvalue weighted by molar-refractivity contribution is 0.146. The first-order valence-electron chi connectivity index (χ1n) is 6.08. The van der Waals surface area contributed by atoms with Gasteiger partial charge in [-0.3, -0.25) is 0 Å². The van der Waals surface area contributed by atoms with Gasteiger partial charge in [-0.05, 0) is 25.5 Å². The van der Waals surface area contributed by atoms with Crippen molar-refractivity contribution in [3.63, 3.8) is 0 Å². The van der Waals surface area contributed by atoms with Gasteiger partial charge in [-0.25, -0.2) is 17.5 Å². The number of aliphatic hydroxyl groups excluding tert-OH is 1. The smallest absolute Gasteiger partial charge is 0.240 e. The molecule has 0 saturated heterocycles. The van der Waals surface area contributed by atoms with E-state index in [4.69, 9.17) is 21.4 Å². The molecule has 0 bridgehead atoms. The summed E-state index contributed by atoms with van der Waals surface area (Å²) in [6.07, 6.45) is 0.510. The first-order chi connectivity index (χ1) is 9.42. The summed E-state index contributed by atoms with van der Waals surface area (Å²) in [6, 6.07) is 1.97. The minimum Gasteiger partial charge on any atom is -0.392 e. The van der Waals surface area contributed by atoms with Crippen molar-refractivity contribution in [2.24, 2.45) is 0 Å². The molecule has 0 heterocycles. The lowest BCUT2D eigenvalue weighted by Gasteiger charge is -2.09. The lowest BCUT2D eigenvalue weighted by atomic mass is 10.2. The van der Waals surface area contributed by atoms with Crippen LogP contribution in [0.25, 0.3) is 0 Å². The van der Waals surface area contributed by atoms with E-state index in [1.807, 2.05) is 6.92 Å². The summed E-state index contributed by atoms with van der Waals surface area (Å²) in [6.45, 7) is 2.49. The molecule has 1 rings (SSSR count). The molecule has 0 saturated carbocycles. The number of halogens is 2. The molecule has 0 aliphatic heterocycles. The van der Waals surface area contributed by atoms with Crippen LogP contribution < -0.4 is 4.72 Å². The van der Waals surface area contributed by atoms with E-state index in [1.165, 1.54) is 0 Å². The maximum absolute atomic E-state index is 13.5. The Labute approximate surface area is 122 Å². The average Bonchev–Trinajstić information content (AvgIpc) is 2.41.